The van der Waals surface area contributed by atoms with Crippen LogP contribution in [-0.2, 0) is 7.05 Å². The van der Waals surface area contributed by atoms with Crippen molar-refractivity contribution in [3.05, 3.63) is 17.5 Å². The third kappa shape index (κ3) is 2.03. The fraction of sp³-hybridized carbons (Fsp3) is 0.692. The third-order valence-electron chi connectivity index (χ3n) is 4.29. The van der Waals surface area contributed by atoms with Crippen LogP contribution in [0.4, 0.5) is 0 Å². The highest BCUT2D eigenvalue weighted by Crippen LogP contribution is 2.26. The monoisotopic (exact) mass is 248 g/mol. The summed E-state index contributed by atoms with van der Waals surface area (Å²) < 4.78 is 1.74. The highest BCUT2D eigenvalue weighted by Gasteiger charge is 2.34. The predicted molar refractivity (Wildman–Crippen MR) is 68.4 cm³/mol. The number of aromatic nitrogens is 2. The molecule has 0 aromatic carbocycles. The molecule has 3 rings (SSSR count). The van der Waals surface area contributed by atoms with Crippen molar-refractivity contribution in [1.29, 1.82) is 0 Å². The fourth-order valence-corrected chi connectivity index (χ4v) is 3.16. The number of piperidine rings is 1. The van der Waals surface area contributed by atoms with Crippen LogP contribution in [0.3, 0.4) is 0 Å². The van der Waals surface area contributed by atoms with Crippen molar-refractivity contribution in [2.24, 2.45) is 7.05 Å². The van der Waals surface area contributed by atoms with Crippen molar-refractivity contribution in [2.75, 3.05) is 0 Å². The van der Waals surface area contributed by atoms with Gasteiger partial charge in [0.1, 0.15) is 0 Å². The molecule has 2 fully saturated rings. The molecule has 2 aliphatic heterocycles. The molecular weight excluding hydrogens is 228 g/mol. The van der Waals surface area contributed by atoms with Gasteiger partial charge in [0, 0.05) is 30.9 Å². The number of hydrogen-bond acceptors (Lipinski definition) is 3. The van der Waals surface area contributed by atoms with E-state index in [4.69, 9.17) is 0 Å². The summed E-state index contributed by atoms with van der Waals surface area (Å²) in [6.45, 7) is 1.92. The summed E-state index contributed by atoms with van der Waals surface area (Å²) in [6, 6.07) is 1.52. The van der Waals surface area contributed by atoms with E-state index in [9.17, 15) is 4.79 Å². The maximum absolute atomic E-state index is 12.2. The number of carbonyl (C=O) groups excluding carboxylic acids is 1. The number of rotatable bonds is 2. The van der Waals surface area contributed by atoms with Gasteiger partial charge in [0.15, 0.2) is 0 Å². The van der Waals surface area contributed by atoms with Crippen LogP contribution >= 0.6 is 0 Å². The minimum atomic E-state index is 0.0203. The highest BCUT2D eigenvalue weighted by molar-refractivity contribution is 5.95. The number of amides is 1. The van der Waals surface area contributed by atoms with Gasteiger partial charge in [-0.05, 0) is 32.6 Å². The summed E-state index contributed by atoms with van der Waals surface area (Å²) in [5.41, 5.74) is 1.62. The Morgan fingerprint density at radius 2 is 2.11 bits per heavy atom. The van der Waals surface area contributed by atoms with E-state index in [-0.39, 0.29) is 5.91 Å². The summed E-state index contributed by atoms with van der Waals surface area (Å²) >= 11 is 0. The van der Waals surface area contributed by atoms with Gasteiger partial charge in [0.25, 0.3) is 5.91 Å². The van der Waals surface area contributed by atoms with Gasteiger partial charge in [-0.3, -0.25) is 9.48 Å². The zero-order chi connectivity index (χ0) is 12.7. The van der Waals surface area contributed by atoms with Gasteiger partial charge >= 0.3 is 0 Å². The molecule has 1 aromatic heterocycles. The van der Waals surface area contributed by atoms with Crippen LogP contribution in [0.25, 0.3) is 0 Å². The van der Waals surface area contributed by atoms with E-state index in [1.165, 1.54) is 12.8 Å². The standard InChI is InChI=1S/C13H20N4O/c1-8-12(7-14-17(8)2)13(18)16-11-5-9-3-4-10(6-11)15-9/h7,9-11,15H,3-6H2,1-2H3,(H,16,18). The molecule has 18 heavy (non-hydrogen) atoms. The Morgan fingerprint density at radius 3 is 2.67 bits per heavy atom. The zero-order valence-electron chi connectivity index (χ0n) is 10.9. The summed E-state index contributed by atoms with van der Waals surface area (Å²) in [7, 11) is 1.86. The van der Waals surface area contributed by atoms with Gasteiger partial charge in [-0.2, -0.15) is 5.10 Å². The Morgan fingerprint density at radius 1 is 1.44 bits per heavy atom. The largest absolute Gasteiger partial charge is 0.349 e. The first kappa shape index (κ1) is 11.7. The van der Waals surface area contributed by atoms with Crippen molar-refractivity contribution in [3.8, 4) is 0 Å². The Hall–Kier alpha value is -1.36. The zero-order valence-corrected chi connectivity index (χ0v) is 10.9. The van der Waals surface area contributed by atoms with Gasteiger partial charge in [0.2, 0.25) is 0 Å². The first-order chi connectivity index (χ1) is 8.63. The lowest BCUT2D eigenvalue weighted by molar-refractivity contribution is 0.0923. The molecule has 2 saturated heterocycles. The minimum Gasteiger partial charge on any atom is -0.349 e. The fourth-order valence-electron chi connectivity index (χ4n) is 3.16. The molecule has 2 bridgehead atoms. The van der Waals surface area contributed by atoms with E-state index < -0.39 is 0 Å². The van der Waals surface area contributed by atoms with E-state index in [1.807, 2.05) is 14.0 Å². The predicted octanol–water partition coefficient (Wildman–Crippen LogP) is 0.741. The topological polar surface area (TPSA) is 59.0 Å². The van der Waals surface area contributed by atoms with Crippen molar-refractivity contribution in [2.45, 2.75) is 50.7 Å². The van der Waals surface area contributed by atoms with Gasteiger partial charge in [0.05, 0.1) is 11.8 Å². The Kier molecular flexibility index (Phi) is 2.86. The SMILES string of the molecule is Cc1c(C(=O)NC2CC3CCC(C2)N3)cnn1C. The van der Waals surface area contributed by atoms with Crippen LogP contribution in [0.15, 0.2) is 6.20 Å². The average molecular weight is 248 g/mol. The molecule has 2 aliphatic rings. The van der Waals surface area contributed by atoms with E-state index in [0.717, 1.165) is 18.5 Å². The van der Waals surface area contributed by atoms with Crippen molar-refractivity contribution in [3.63, 3.8) is 0 Å². The summed E-state index contributed by atoms with van der Waals surface area (Å²) in [5, 5.41) is 10.9. The lowest BCUT2D eigenvalue weighted by Gasteiger charge is -2.29. The van der Waals surface area contributed by atoms with Crippen LogP contribution in [0.5, 0.6) is 0 Å². The molecule has 3 heterocycles. The number of carbonyl (C=O) groups is 1. The molecule has 5 heteroatoms. The molecule has 0 radical (unpaired) electrons. The van der Waals surface area contributed by atoms with E-state index >= 15 is 0 Å². The molecule has 2 unspecified atom stereocenters. The second-order valence-corrected chi connectivity index (χ2v) is 5.55. The van der Waals surface area contributed by atoms with Crippen molar-refractivity contribution < 1.29 is 4.79 Å². The molecule has 1 amide bonds. The molecule has 5 nitrogen and oxygen atoms in total. The van der Waals surface area contributed by atoms with Crippen LogP contribution in [-0.4, -0.2) is 33.8 Å². The number of hydrogen-bond donors (Lipinski definition) is 2. The molecule has 2 atom stereocenters. The Balaban J connectivity index is 1.66. The first-order valence-electron chi connectivity index (χ1n) is 6.69. The highest BCUT2D eigenvalue weighted by atomic mass is 16.1. The van der Waals surface area contributed by atoms with Gasteiger partial charge < -0.3 is 10.6 Å². The molecule has 98 valence electrons. The summed E-state index contributed by atoms with van der Waals surface area (Å²) in [6.07, 6.45) is 6.27. The smallest absolute Gasteiger partial charge is 0.254 e. The second kappa shape index (κ2) is 4.39. The Bertz CT molecular complexity index is 456. The van der Waals surface area contributed by atoms with Gasteiger partial charge in [-0.15, -0.1) is 0 Å². The number of fused-ring (bicyclic) bond motifs is 2. The van der Waals surface area contributed by atoms with E-state index in [0.29, 0.717) is 23.7 Å². The molecule has 0 saturated carbocycles. The quantitative estimate of drug-likeness (QED) is 0.811. The lowest BCUT2D eigenvalue weighted by Crippen LogP contribution is -2.48. The van der Waals surface area contributed by atoms with Gasteiger partial charge in [-0.1, -0.05) is 0 Å². The Labute approximate surface area is 107 Å². The average Bonchev–Trinajstić information content (AvgIpc) is 2.84. The number of aryl methyl sites for hydroxylation is 1. The van der Waals surface area contributed by atoms with E-state index in [1.54, 1.807) is 10.9 Å². The molecule has 0 spiro atoms. The molecule has 1 aromatic rings. The second-order valence-electron chi connectivity index (χ2n) is 5.55. The molecular formula is C13H20N4O. The van der Waals surface area contributed by atoms with Crippen LogP contribution in [0.1, 0.15) is 41.7 Å². The summed E-state index contributed by atoms with van der Waals surface area (Å²) in [5.74, 6) is 0.0203. The number of nitrogens with one attached hydrogen (secondary N) is 2. The van der Waals surface area contributed by atoms with Crippen LogP contribution in [0.2, 0.25) is 0 Å². The molecule has 0 aliphatic carbocycles. The third-order valence-corrected chi connectivity index (χ3v) is 4.29. The van der Waals surface area contributed by atoms with Crippen LogP contribution < -0.4 is 10.6 Å². The normalized spacial score (nSPS) is 30.4. The van der Waals surface area contributed by atoms with Crippen molar-refractivity contribution >= 4 is 5.91 Å². The number of nitrogens with zero attached hydrogens (tertiary/aromatic N) is 2. The van der Waals surface area contributed by atoms with E-state index in [2.05, 4.69) is 15.7 Å². The summed E-state index contributed by atoms with van der Waals surface area (Å²) in [4.78, 5) is 12.2. The first-order valence-corrected chi connectivity index (χ1v) is 6.69. The van der Waals surface area contributed by atoms with Gasteiger partial charge in [-0.25, -0.2) is 0 Å². The molecule has 2 N–H and O–H groups in total. The van der Waals surface area contributed by atoms with Crippen LogP contribution in [0, 0.1) is 6.92 Å². The minimum absolute atomic E-state index is 0.0203. The van der Waals surface area contributed by atoms with Crippen molar-refractivity contribution in [1.82, 2.24) is 20.4 Å². The maximum Gasteiger partial charge on any atom is 0.254 e. The lowest BCUT2D eigenvalue weighted by atomic mass is 9.99. The maximum atomic E-state index is 12.2.